The average Bonchev–Trinajstić information content (AvgIpc) is 2.81. The van der Waals surface area contributed by atoms with Gasteiger partial charge in [-0.15, -0.1) is 0 Å². The first-order chi connectivity index (χ1) is 9.74. The Morgan fingerprint density at radius 2 is 2.05 bits per heavy atom. The van der Waals surface area contributed by atoms with Crippen molar-refractivity contribution in [3.8, 4) is 0 Å². The van der Waals surface area contributed by atoms with Gasteiger partial charge in [0.1, 0.15) is 0 Å². The molecule has 0 aromatic carbocycles. The second-order valence-corrected chi connectivity index (χ2v) is 13.7. The van der Waals surface area contributed by atoms with Gasteiger partial charge in [-0.2, -0.15) is 5.10 Å². The van der Waals surface area contributed by atoms with Gasteiger partial charge in [0.15, 0.2) is 0 Å². The molecule has 0 aromatic rings. The van der Waals surface area contributed by atoms with E-state index in [0.717, 1.165) is 13.2 Å². The molecule has 0 radical (unpaired) electrons. The van der Waals surface area contributed by atoms with E-state index in [9.17, 15) is 0 Å². The summed E-state index contributed by atoms with van der Waals surface area (Å²) in [4.78, 5) is 0. The summed E-state index contributed by atoms with van der Waals surface area (Å²) in [6, 6.07) is 0.480. The molecule has 1 aliphatic rings. The zero-order chi connectivity index (χ0) is 16.1. The van der Waals surface area contributed by atoms with Crippen LogP contribution < -0.4 is 0 Å². The van der Waals surface area contributed by atoms with Gasteiger partial charge in [-0.3, -0.25) is 5.01 Å². The third-order valence-electron chi connectivity index (χ3n) is 5.56. The summed E-state index contributed by atoms with van der Waals surface area (Å²) < 4.78 is 5.32. The van der Waals surface area contributed by atoms with Gasteiger partial charge in [-0.05, 0) is 29.8 Å². The molecule has 0 N–H and O–H groups in total. The zero-order valence-electron chi connectivity index (χ0n) is 15.3. The van der Waals surface area contributed by atoms with Crippen LogP contribution >= 0.6 is 0 Å². The Bertz CT molecular complexity index is 336. The minimum Gasteiger partial charge on any atom is -0.382 e. The molecule has 2 atom stereocenters. The van der Waals surface area contributed by atoms with Crippen molar-refractivity contribution in [3.63, 3.8) is 0 Å². The molecule has 0 aliphatic carbocycles. The van der Waals surface area contributed by atoms with E-state index in [0.29, 0.717) is 16.6 Å². The Morgan fingerprint density at radius 3 is 2.57 bits per heavy atom. The smallest absolute Gasteiger partial charge is 0.0704 e. The second-order valence-electron chi connectivity index (χ2n) is 8.05. The molecule has 0 aromatic heterocycles. The normalized spacial score (nSPS) is 22.2. The number of hydrogen-bond donors (Lipinski definition) is 0. The fraction of sp³-hybridized carbons (Fsp3) is 0.941. The first kappa shape index (κ1) is 18.7. The van der Waals surface area contributed by atoms with Crippen molar-refractivity contribution in [1.29, 1.82) is 0 Å². The van der Waals surface area contributed by atoms with Crippen LogP contribution in [0.4, 0.5) is 0 Å². The Hall–Kier alpha value is -0.353. The highest BCUT2D eigenvalue weighted by molar-refractivity contribution is 6.83. The maximum atomic E-state index is 5.32. The van der Waals surface area contributed by atoms with Crippen LogP contribution in [0.25, 0.3) is 0 Å². The van der Waals surface area contributed by atoms with Crippen molar-refractivity contribution in [1.82, 2.24) is 5.01 Å². The van der Waals surface area contributed by atoms with Gasteiger partial charge in [-0.1, -0.05) is 47.2 Å². The predicted octanol–water partition coefficient (Wildman–Crippen LogP) is 4.76. The van der Waals surface area contributed by atoms with Gasteiger partial charge in [0.2, 0.25) is 0 Å². The fourth-order valence-corrected chi connectivity index (χ4v) is 5.55. The first-order valence-corrected chi connectivity index (χ1v) is 11.6. The molecule has 1 rings (SSSR count). The molecule has 0 saturated carbocycles. The molecule has 0 spiro atoms. The molecule has 124 valence electrons. The van der Waals surface area contributed by atoms with Crippen molar-refractivity contribution in [2.24, 2.45) is 5.10 Å². The summed E-state index contributed by atoms with van der Waals surface area (Å²) in [5, 5.41) is 7.56. The maximum absolute atomic E-state index is 5.32. The molecule has 1 saturated heterocycles. The summed E-state index contributed by atoms with van der Waals surface area (Å²) >= 11 is 0. The largest absolute Gasteiger partial charge is 0.382 e. The monoisotopic (exact) mass is 312 g/mol. The van der Waals surface area contributed by atoms with Crippen molar-refractivity contribution in [2.45, 2.75) is 83.1 Å². The molecule has 1 heterocycles. The van der Waals surface area contributed by atoms with Crippen molar-refractivity contribution < 1.29 is 4.74 Å². The van der Waals surface area contributed by atoms with Gasteiger partial charge in [0, 0.05) is 19.9 Å². The third kappa shape index (κ3) is 4.81. The molecule has 1 fully saturated rings. The molecule has 21 heavy (non-hydrogen) atoms. The Labute approximate surface area is 133 Å². The molecule has 0 amide bonds. The zero-order valence-corrected chi connectivity index (χ0v) is 16.3. The standard InChI is InChI=1S/C17H36N2OSi/c1-8-10-16(21(6,7)17(2,3)4)13-18-19-12-9-11-15(19)14-20-5/h13,15-16H,8-12,14H2,1-7H3/b18-13+/t15-,16-/m0/s1. The Morgan fingerprint density at radius 1 is 1.38 bits per heavy atom. The van der Waals surface area contributed by atoms with E-state index in [1.165, 1.54) is 25.7 Å². The number of methoxy groups -OCH3 is 1. The Kier molecular flexibility index (Phi) is 6.92. The minimum atomic E-state index is -1.37. The van der Waals surface area contributed by atoms with Gasteiger partial charge < -0.3 is 4.74 Å². The molecule has 0 bridgehead atoms. The van der Waals surface area contributed by atoms with E-state index in [2.05, 4.69) is 52.0 Å². The summed E-state index contributed by atoms with van der Waals surface area (Å²) in [5.41, 5.74) is 0.659. The number of rotatable bonds is 7. The van der Waals surface area contributed by atoms with Crippen LogP contribution in [-0.4, -0.2) is 45.6 Å². The highest BCUT2D eigenvalue weighted by Crippen LogP contribution is 2.44. The summed E-state index contributed by atoms with van der Waals surface area (Å²) in [6.07, 6.45) is 7.25. The summed E-state index contributed by atoms with van der Waals surface area (Å²) in [7, 11) is 0.412. The SMILES string of the molecule is CCC[C@@H](/C=N/N1CCC[C@H]1COC)[Si](C)(C)C(C)(C)C. The van der Waals surface area contributed by atoms with Gasteiger partial charge >= 0.3 is 0 Å². The van der Waals surface area contributed by atoms with Gasteiger partial charge in [0.05, 0.1) is 20.7 Å². The quantitative estimate of drug-likeness (QED) is 0.500. The lowest BCUT2D eigenvalue weighted by atomic mass is 10.2. The Balaban J connectivity index is 2.80. The topological polar surface area (TPSA) is 24.8 Å². The number of nitrogens with zero attached hydrogens (tertiary/aromatic N) is 2. The lowest BCUT2D eigenvalue weighted by molar-refractivity contribution is 0.118. The summed E-state index contributed by atoms with van der Waals surface area (Å²) in [5.74, 6) is 0. The van der Waals surface area contributed by atoms with E-state index < -0.39 is 8.07 Å². The van der Waals surface area contributed by atoms with E-state index in [-0.39, 0.29) is 0 Å². The van der Waals surface area contributed by atoms with E-state index in [1.807, 2.05) is 0 Å². The van der Waals surface area contributed by atoms with Crippen LogP contribution in [0.2, 0.25) is 23.7 Å². The predicted molar refractivity (Wildman–Crippen MR) is 96.0 cm³/mol. The van der Waals surface area contributed by atoms with Crippen LogP contribution in [0.15, 0.2) is 5.10 Å². The maximum Gasteiger partial charge on any atom is 0.0704 e. The van der Waals surface area contributed by atoms with Gasteiger partial charge in [-0.25, -0.2) is 0 Å². The highest BCUT2D eigenvalue weighted by Gasteiger charge is 2.41. The van der Waals surface area contributed by atoms with Crippen molar-refractivity contribution in [3.05, 3.63) is 0 Å². The second kappa shape index (κ2) is 7.77. The average molecular weight is 313 g/mol. The minimum absolute atomic E-state index is 0.412. The van der Waals surface area contributed by atoms with Crippen molar-refractivity contribution in [2.75, 3.05) is 20.3 Å². The third-order valence-corrected chi connectivity index (χ3v) is 11.7. The van der Waals surface area contributed by atoms with E-state index in [4.69, 9.17) is 9.84 Å². The van der Waals surface area contributed by atoms with Crippen molar-refractivity contribution >= 4 is 14.3 Å². The summed E-state index contributed by atoms with van der Waals surface area (Å²) in [6.45, 7) is 16.4. The molecule has 1 aliphatic heterocycles. The molecular formula is C17H36N2OSi. The van der Waals surface area contributed by atoms with Crippen LogP contribution in [0.5, 0.6) is 0 Å². The van der Waals surface area contributed by atoms with Crippen LogP contribution in [0.1, 0.15) is 53.4 Å². The molecular weight excluding hydrogens is 276 g/mol. The van der Waals surface area contributed by atoms with Crippen LogP contribution in [0, 0.1) is 0 Å². The highest BCUT2D eigenvalue weighted by atomic mass is 28.3. The van der Waals surface area contributed by atoms with E-state index in [1.54, 1.807) is 7.11 Å². The first-order valence-electron chi connectivity index (χ1n) is 8.53. The van der Waals surface area contributed by atoms with Crippen LogP contribution in [0.3, 0.4) is 0 Å². The molecule has 4 heteroatoms. The van der Waals surface area contributed by atoms with Crippen LogP contribution in [-0.2, 0) is 4.74 Å². The number of hydrogen-bond acceptors (Lipinski definition) is 3. The number of ether oxygens (including phenoxy) is 1. The number of hydrazone groups is 1. The molecule has 0 unspecified atom stereocenters. The van der Waals surface area contributed by atoms with Gasteiger partial charge in [0.25, 0.3) is 0 Å². The fourth-order valence-electron chi connectivity index (χ4n) is 2.99. The lowest BCUT2D eigenvalue weighted by Gasteiger charge is -2.42. The van der Waals surface area contributed by atoms with E-state index >= 15 is 0 Å². The lowest BCUT2D eigenvalue weighted by Crippen LogP contribution is -2.43. The molecule has 3 nitrogen and oxygen atoms in total.